The first kappa shape index (κ1) is 20.9. The highest BCUT2D eigenvalue weighted by molar-refractivity contribution is 5.85. The van der Waals surface area contributed by atoms with Crippen LogP contribution in [0.25, 0.3) is 0 Å². The topological polar surface area (TPSA) is 62.2 Å². The molecule has 1 aromatic heterocycles. The molecule has 3 atom stereocenters. The summed E-state index contributed by atoms with van der Waals surface area (Å²) in [5, 5.41) is 11.3. The summed E-state index contributed by atoms with van der Waals surface area (Å²) in [6.45, 7) is 7.47. The van der Waals surface area contributed by atoms with E-state index in [1.54, 1.807) is 0 Å². The number of carbonyl (C=O) groups is 1. The lowest BCUT2D eigenvalue weighted by Crippen LogP contribution is -2.34. The van der Waals surface area contributed by atoms with Gasteiger partial charge in [0, 0.05) is 32.1 Å². The van der Waals surface area contributed by atoms with Crippen LogP contribution in [0.4, 0.5) is 0 Å². The fourth-order valence-electron chi connectivity index (χ4n) is 4.94. The normalized spacial score (nSPS) is 29.4. The lowest BCUT2D eigenvalue weighted by atomic mass is 9.85. The molecule has 0 spiro atoms. The molecule has 2 aliphatic heterocycles. The number of halogens is 2. The Bertz CT molecular complexity index is 653. The van der Waals surface area contributed by atoms with Gasteiger partial charge in [0.15, 0.2) is 0 Å². The summed E-state index contributed by atoms with van der Waals surface area (Å²) >= 11 is 0. The van der Waals surface area contributed by atoms with Crippen molar-refractivity contribution in [1.82, 2.24) is 25.3 Å². The molecule has 1 aromatic rings. The highest BCUT2D eigenvalue weighted by Crippen LogP contribution is 2.49. The summed E-state index contributed by atoms with van der Waals surface area (Å²) in [6.07, 6.45) is 4.48. The van der Waals surface area contributed by atoms with E-state index in [2.05, 4.69) is 26.3 Å². The van der Waals surface area contributed by atoms with E-state index in [1.165, 1.54) is 44.7 Å². The second kappa shape index (κ2) is 8.68. The Hall–Kier alpha value is -0.820. The van der Waals surface area contributed by atoms with Crippen molar-refractivity contribution in [2.75, 3.05) is 26.2 Å². The zero-order valence-corrected chi connectivity index (χ0v) is 17.4. The Morgan fingerprint density at radius 3 is 2.67 bits per heavy atom. The van der Waals surface area contributed by atoms with Crippen LogP contribution >= 0.6 is 24.8 Å². The Balaban J connectivity index is 0.00000105. The Labute approximate surface area is 173 Å². The van der Waals surface area contributed by atoms with Gasteiger partial charge in [-0.3, -0.25) is 14.4 Å². The van der Waals surface area contributed by atoms with Crippen molar-refractivity contribution in [3.8, 4) is 0 Å². The van der Waals surface area contributed by atoms with Gasteiger partial charge >= 0.3 is 0 Å². The van der Waals surface area contributed by atoms with Crippen molar-refractivity contribution in [2.45, 2.75) is 45.3 Å². The van der Waals surface area contributed by atoms with E-state index in [1.807, 2.05) is 0 Å². The van der Waals surface area contributed by atoms with Crippen LogP contribution in [0.5, 0.6) is 0 Å². The molecule has 5 rings (SSSR count). The van der Waals surface area contributed by atoms with Gasteiger partial charge in [-0.25, -0.2) is 0 Å². The van der Waals surface area contributed by atoms with E-state index in [0.29, 0.717) is 6.54 Å². The molecule has 6 nitrogen and oxygen atoms in total. The maximum Gasteiger partial charge on any atom is 0.223 e. The van der Waals surface area contributed by atoms with Gasteiger partial charge in [-0.05, 0) is 56.2 Å². The highest BCUT2D eigenvalue weighted by atomic mass is 35.5. The first-order valence-electron chi connectivity index (χ1n) is 10.0. The quantitative estimate of drug-likeness (QED) is 0.769. The molecule has 2 aliphatic carbocycles. The average Bonchev–Trinajstić information content (AvgIpc) is 2.90. The van der Waals surface area contributed by atoms with Gasteiger partial charge in [-0.1, -0.05) is 6.42 Å². The third-order valence-electron chi connectivity index (χ3n) is 6.80. The molecule has 0 radical (unpaired) electrons. The van der Waals surface area contributed by atoms with Crippen molar-refractivity contribution in [1.29, 1.82) is 0 Å². The molecule has 1 saturated heterocycles. The van der Waals surface area contributed by atoms with Gasteiger partial charge < -0.3 is 10.6 Å². The smallest absolute Gasteiger partial charge is 0.223 e. The fourth-order valence-corrected chi connectivity index (χ4v) is 4.94. The standard InChI is InChI=1S/C19H29N5O.2ClH/c25-19(13-3-1-4-13)21-8-14-7-15-11-23(5-2-6-24(15)22-14)12-18-16-9-20-10-17(16)18;;/h7,13,16-18,20H,1-6,8-12H2,(H,21,25);2*1H/t16-,17+,18?;;. The van der Waals surface area contributed by atoms with E-state index in [4.69, 9.17) is 5.10 Å². The number of fused-ring (bicyclic) bond motifs is 2. The predicted octanol–water partition coefficient (Wildman–Crippen LogP) is 1.81. The van der Waals surface area contributed by atoms with Gasteiger partial charge in [0.2, 0.25) is 5.91 Å². The van der Waals surface area contributed by atoms with Crippen LogP contribution in [0.2, 0.25) is 0 Å². The number of aryl methyl sites for hydroxylation is 1. The summed E-state index contributed by atoms with van der Waals surface area (Å²) in [5.41, 5.74) is 2.33. The van der Waals surface area contributed by atoms with Crippen molar-refractivity contribution in [3.63, 3.8) is 0 Å². The van der Waals surface area contributed by atoms with E-state index in [-0.39, 0.29) is 36.6 Å². The Morgan fingerprint density at radius 1 is 1.19 bits per heavy atom. The number of nitrogens with one attached hydrogen (secondary N) is 2. The number of aromatic nitrogens is 2. The van der Waals surface area contributed by atoms with Crippen molar-refractivity contribution >= 4 is 30.7 Å². The van der Waals surface area contributed by atoms with E-state index >= 15 is 0 Å². The van der Waals surface area contributed by atoms with Gasteiger partial charge in [0.1, 0.15) is 0 Å². The van der Waals surface area contributed by atoms with Crippen molar-refractivity contribution < 1.29 is 4.79 Å². The van der Waals surface area contributed by atoms with Crippen LogP contribution in [0, 0.1) is 23.7 Å². The molecule has 4 aliphatic rings. The molecule has 0 bridgehead atoms. The van der Waals surface area contributed by atoms with Crippen molar-refractivity contribution in [3.05, 3.63) is 17.5 Å². The maximum absolute atomic E-state index is 12.0. The largest absolute Gasteiger partial charge is 0.350 e. The first-order valence-corrected chi connectivity index (χ1v) is 10.0. The lowest BCUT2D eigenvalue weighted by molar-refractivity contribution is -0.127. The molecule has 8 heteroatoms. The number of carbonyl (C=O) groups excluding carboxylic acids is 1. The van der Waals surface area contributed by atoms with Crippen LogP contribution < -0.4 is 10.6 Å². The minimum absolute atomic E-state index is 0. The maximum atomic E-state index is 12.0. The molecule has 2 saturated carbocycles. The number of rotatable bonds is 5. The fraction of sp³-hybridized carbons (Fsp3) is 0.789. The molecule has 2 N–H and O–H groups in total. The van der Waals surface area contributed by atoms with Crippen molar-refractivity contribution in [2.24, 2.45) is 23.7 Å². The summed E-state index contributed by atoms with van der Waals surface area (Å²) in [6, 6.07) is 2.20. The van der Waals surface area contributed by atoms with Gasteiger partial charge in [0.05, 0.1) is 17.9 Å². The minimum Gasteiger partial charge on any atom is -0.350 e. The number of amides is 1. The SMILES string of the molecule is Cl.Cl.O=C(NCc1cc2n(n1)CCCN(CC1[C@H]3CNC[C@@H]13)C2)C1CCC1. The average molecular weight is 416 g/mol. The molecule has 1 unspecified atom stereocenters. The molecule has 1 amide bonds. The number of piperidine rings is 1. The van der Waals surface area contributed by atoms with Crippen LogP contribution in [-0.2, 0) is 24.4 Å². The summed E-state index contributed by atoms with van der Waals surface area (Å²) in [4.78, 5) is 14.6. The van der Waals surface area contributed by atoms with Gasteiger partial charge in [-0.15, -0.1) is 24.8 Å². The minimum atomic E-state index is 0. The van der Waals surface area contributed by atoms with Crippen LogP contribution in [0.15, 0.2) is 6.07 Å². The first-order chi connectivity index (χ1) is 12.3. The number of hydrogen-bond donors (Lipinski definition) is 2. The predicted molar refractivity (Wildman–Crippen MR) is 109 cm³/mol. The molecular formula is C19H31Cl2N5O. The highest BCUT2D eigenvalue weighted by Gasteiger charge is 2.52. The molecule has 27 heavy (non-hydrogen) atoms. The Morgan fingerprint density at radius 2 is 1.96 bits per heavy atom. The van der Waals surface area contributed by atoms with E-state index in [9.17, 15) is 4.79 Å². The van der Waals surface area contributed by atoms with E-state index in [0.717, 1.165) is 49.4 Å². The number of nitrogens with zero attached hydrogens (tertiary/aromatic N) is 3. The van der Waals surface area contributed by atoms with Crippen LogP contribution in [-0.4, -0.2) is 46.8 Å². The molecular weight excluding hydrogens is 385 g/mol. The summed E-state index contributed by atoms with van der Waals surface area (Å²) in [7, 11) is 0. The van der Waals surface area contributed by atoms with E-state index < -0.39 is 0 Å². The molecule has 3 fully saturated rings. The number of hydrogen-bond acceptors (Lipinski definition) is 4. The monoisotopic (exact) mass is 415 g/mol. The summed E-state index contributed by atoms with van der Waals surface area (Å²) in [5.74, 6) is 3.25. The second-order valence-electron chi connectivity index (χ2n) is 8.43. The van der Waals surface area contributed by atoms with Gasteiger partial charge in [0.25, 0.3) is 0 Å². The zero-order chi connectivity index (χ0) is 16.8. The zero-order valence-electron chi connectivity index (χ0n) is 15.7. The third kappa shape index (κ3) is 4.29. The molecule has 0 aromatic carbocycles. The third-order valence-corrected chi connectivity index (χ3v) is 6.80. The summed E-state index contributed by atoms with van der Waals surface area (Å²) < 4.78 is 2.17. The molecule has 3 heterocycles. The second-order valence-corrected chi connectivity index (χ2v) is 8.43. The lowest BCUT2D eigenvalue weighted by Gasteiger charge is -2.23. The van der Waals surface area contributed by atoms with Gasteiger partial charge in [-0.2, -0.15) is 5.10 Å². The molecule has 152 valence electrons. The van der Waals surface area contributed by atoms with Crippen LogP contribution in [0.1, 0.15) is 37.1 Å². The van der Waals surface area contributed by atoms with Crippen LogP contribution in [0.3, 0.4) is 0 Å². The Kier molecular flexibility index (Phi) is 6.72.